The smallest absolute Gasteiger partial charge is 0.235 e. The van der Waals surface area contributed by atoms with Crippen molar-refractivity contribution in [1.82, 2.24) is 5.32 Å². The Hall–Kier alpha value is -1.76. The van der Waals surface area contributed by atoms with Crippen LogP contribution < -0.4 is 15.8 Å². The van der Waals surface area contributed by atoms with Gasteiger partial charge in [-0.2, -0.15) is 0 Å². The summed E-state index contributed by atoms with van der Waals surface area (Å²) in [6, 6.07) is 4.19. The van der Waals surface area contributed by atoms with E-state index < -0.39 is 21.5 Å². The number of nitrogens with two attached hydrogens (primary N) is 1. The number of rotatable bonds is 5. The molecule has 3 N–H and O–H groups in total. The van der Waals surface area contributed by atoms with Crippen LogP contribution in [0.1, 0.15) is 13.8 Å². The fraction of sp³-hybridized carbons (Fsp3) is 0.417. The molecule has 0 heterocycles. The first-order valence-electron chi connectivity index (χ1n) is 5.72. The second-order valence-electron chi connectivity index (χ2n) is 4.39. The summed E-state index contributed by atoms with van der Waals surface area (Å²) in [5, 5.41) is 2.53. The number of sulfone groups is 1. The lowest BCUT2D eigenvalue weighted by molar-refractivity contribution is -0.119. The number of carbonyl (C=O) groups excluding carboxylic acids is 1. The second-order valence-corrected chi connectivity index (χ2v) is 6.34. The molecule has 1 aromatic carbocycles. The molecule has 0 atom stereocenters. The summed E-state index contributed by atoms with van der Waals surface area (Å²) < 4.78 is 29.2. The van der Waals surface area contributed by atoms with Crippen molar-refractivity contribution in [3.63, 3.8) is 0 Å². The number of ether oxygens (including phenoxy) is 1. The maximum atomic E-state index is 12.1. The molecule has 0 unspecified atom stereocenters. The van der Waals surface area contributed by atoms with Crippen molar-refractivity contribution >= 4 is 21.4 Å². The van der Waals surface area contributed by atoms with Gasteiger partial charge in [-0.25, -0.2) is 8.42 Å². The summed E-state index contributed by atoms with van der Waals surface area (Å²) in [4.78, 5) is 11.5. The zero-order chi connectivity index (χ0) is 14.6. The molecule has 0 aliphatic heterocycles. The number of hydrogen-bond donors (Lipinski definition) is 2. The molecule has 1 aromatic rings. The van der Waals surface area contributed by atoms with Gasteiger partial charge in [0.2, 0.25) is 5.91 Å². The highest BCUT2D eigenvalue weighted by Gasteiger charge is 2.22. The van der Waals surface area contributed by atoms with E-state index in [9.17, 15) is 13.2 Å². The van der Waals surface area contributed by atoms with E-state index in [1.165, 1.54) is 19.2 Å². The van der Waals surface area contributed by atoms with E-state index in [0.29, 0.717) is 5.75 Å². The van der Waals surface area contributed by atoms with Crippen molar-refractivity contribution < 1.29 is 17.9 Å². The fourth-order valence-electron chi connectivity index (χ4n) is 1.52. The van der Waals surface area contributed by atoms with E-state index in [1.54, 1.807) is 19.9 Å². The van der Waals surface area contributed by atoms with Crippen LogP contribution >= 0.6 is 0 Å². The van der Waals surface area contributed by atoms with Gasteiger partial charge in [-0.15, -0.1) is 0 Å². The lowest BCUT2D eigenvalue weighted by Crippen LogP contribution is -2.35. The van der Waals surface area contributed by atoms with E-state index in [0.717, 1.165) is 0 Å². The van der Waals surface area contributed by atoms with Gasteiger partial charge >= 0.3 is 0 Å². The third kappa shape index (κ3) is 4.13. The quantitative estimate of drug-likeness (QED) is 0.771. The molecule has 0 saturated heterocycles. The standard InChI is InChI=1S/C12H18N2O4S/c1-8(2)14-12(15)7-19(16,17)11-6-9(18-3)4-5-10(11)13/h4-6,8H,7,13H2,1-3H3,(H,14,15). The Morgan fingerprint density at radius 3 is 2.58 bits per heavy atom. The summed E-state index contributed by atoms with van der Waals surface area (Å²) in [7, 11) is -2.36. The molecular weight excluding hydrogens is 268 g/mol. The summed E-state index contributed by atoms with van der Waals surface area (Å²) in [6.45, 7) is 3.51. The lowest BCUT2D eigenvalue weighted by atomic mass is 10.3. The van der Waals surface area contributed by atoms with Crippen LogP contribution in [-0.2, 0) is 14.6 Å². The Morgan fingerprint density at radius 2 is 2.05 bits per heavy atom. The summed E-state index contributed by atoms with van der Waals surface area (Å²) in [5.41, 5.74) is 5.74. The molecule has 0 aromatic heterocycles. The van der Waals surface area contributed by atoms with Gasteiger partial charge in [-0.1, -0.05) is 0 Å². The number of nitrogens with one attached hydrogen (secondary N) is 1. The summed E-state index contributed by atoms with van der Waals surface area (Å²) >= 11 is 0. The van der Waals surface area contributed by atoms with Crippen LogP contribution in [0, 0.1) is 0 Å². The van der Waals surface area contributed by atoms with E-state index in [2.05, 4.69) is 5.32 Å². The molecule has 6 nitrogen and oxygen atoms in total. The molecule has 106 valence electrons. The monoisotopic (exact) mass is 286 g/mol. The molecule has 0 spiro atoms. The number of anilines is 1. The highest BCUT2D eigenvalue weighted by molar-refractivity contribution is 7.92. The van der Waals surface area contributed by atoms with Crippen LogP contribution in [0.25, 0.3) is 0 Å². The first-order valence-corrected chi connectivity index (χ1v) is 7.37. The molecule has 0 aliphatic rings. The van der Waals surface area contributed by atoms with Gasteiger partial charge in [-0.05, 0) is 26.0 Å². The van der Waals surface area contributed by atoms with Crippen LogP contribution in [0.2, 0.25) is 0 Å². The largest absolute Gasteiger partial charge is 0.497 e. The number of hydrogen-bond acceptors (Lipinski definition) is 5. The average molecular weight is 286 g/mol. The van der Waals surface area contributed by atoms with Crippen molar-refractivity contribution in [2.45, 2.75) is 24.8 Å². The van der Waals surface area contributed by atoms with Gasteiger partial charge in [0, 0.05) is 12.1 Å². The van der Waals surface area contributed by atoms with Gasteiger partial charge in [0.15, 0.2) is 9.84 Å². The number of amides is 1. The predicted molar refractivity (Wildman–Crippen MR) is 72.7 cm³/mol. The number of benzene rings is 1. The minimum absolute atomic E-state index is 0.0919. The first-order chi connectivity index (χ1) is 8.76. The Labute approximate surface area is 112 Å². The summed E-state index contributed by atoms with van der Waals surface area (Å²) in [6.07, 6.45) is 0. The van der Waals surface area contributed by atoms with Gasteiger partial charge < -0.3 is 15.8 Å². The highest BCUT2D eigenvalue weighted by Crippen LogP contribution is 2.24. The number of carbonyl (C=O) groups is 1. The van der Waals surface area contributed by atoms with Gasteiger partial charge in [0.25, 0.3) is 0 Å². The molecule has 1 rings (SSSR count). The van der Waals surface area contributed by atoms with E-state index in [1.807, 2.05) is 0 Å². The Bertz CT molecular complexity index is 567. The molecule has 0 saturated carbocycles. The molecular formula is C12H18N2O4S. The van der Waals surface area contributed by atoms with Gasteiger partial charge in [0.1, 0.15) is 11.5 Å². The minimum Gasteiger partial charge on any atom is -0.497 e. The Morgan fingerprint density at radius 1 is 1.42 bits per heavy atom. The molecule has 0 fully saturated rings. The van der Waals surface area contributed by atoms with Crippen LogP contribution in [0.15, 0.2) is 23.1 Å². The van der Waals surface area contributed by atoms with Crippen LogP contribution in [0.5, 0.6) is 5.75 Å². The third-order valence-electron chi connectivity index (χ3n) is 2.33. The Balaban J connectivity index is 3.03. The van der Waals surface area contributed by atoms with Gasteiger partial charge in [0.05, 0.1) is 17.7 Å². The Kier molecular flexibility index (Phi) is 4.77. The van der Waals surface area contributed by atoms with Crippen molar-refractivity contribution in [2.24, 2.45) is 0 Å². The zero-order valence-corrected chi connectivity index (χ0v) is 12.0. The molecule has 0 radical (unpaired) electrons. The van der Waals surface area contributed by atoms with Crippen LogP contribution in [0.4, 0.5) is 5.69 Å². The van der Waals surface area contributed by atoms with Crippen molar-refractivity contribution in [3.8, 4) is 5.75 Å². The maximum Gasteiger partial charge on any atom is 0.235 e. The fourth-order valence-corrected chi connectivity index (χ4v) is 2.83. The minimum atomic E-state index is -3.79. The first kappa shape index (κ1) is 15.3. The van der Waals surface area contributed by atoms with E-state index in [4.69, 9.17) is 10.5 Å². The number of nitrogen functional groups attached to an aromatic ring is 1. The second kappa shape index (κ2) is 5.92. The average Bonchev–Trinajstić information content (AvgIpc) is 2.27. The zero-order valence-electron chi connectivity index (χ0n) is 11.1. The highest BCUT2D eigenvalue weighted by atomic mass is 32.2. The van der Waals surface area contributed by atoms with Crippen LogP contribution in [-0.4, -0.2) is 33.2 Å². The molecule has 1 amide bonds. The summed E-state index contributed by atoms with van der Waals surface area (Å²) in [5.74, 6) is -0.822. The topological polar surface area (TPSA) is 98.5 Å². The normalized spacial score (nSPS) is 11.4. The van der Waals surface area contributed by atoms with Crippen LogP contribution in [0.3, 0.4) is 0 Å². The van der Waals surface area contributed by atoms with Gasteiger partial charge in [-0.3, -0.25) is 4.79 Å². The maximum absolute atomic E-state index is 12.1. The predicted octanol–water partition coefficient (Wildman–Crippen LogP) is 0.576. The molecule has 19 heavy (non-hydrogen) atoms. The molecule has 0 aliphatic carbocycles. The van der Waals surface area contributed by atoms with Crippen molar-refractivity contribution in [3.05, 3.63) is 18.2 Å². The van der Waals surface area contributed by atoms with Crippen molar-refractivity contribution in [1.29, 1.82) is 0 Å². The lowest BCUT2D eigenvalue weighted by Gasteiger charge is -2.11. The third-order valence-corrected chi connectivity index (χ3v) is 3.99. The van der Waals surface area contributed by atoms with E-state index >= 15 is 0 Å². The SMILES string of the molecule is COc1ccc(N)c(S(=O)(=O)CC(=O)NC(C)C)c1. The molecule has 7 heteroatoms. The van der Waals surface area contributed by atoms with Crippen molar-refractivity contribution in [2.75, 3.05) is 18.6 Å². The molecule has 0 bridgehead atoms. The number of methoxy groups -OCH3 is 1. The van der Waals surface area contributed by atoms with E-state index in [-0.39, 0.29) is 16.6 Å².